The topological polar surface area (TPSA) is 52.6 Å². The molecule has 0 N–H and O–H groups in total. The summed E-state index contributed by atoms with van der Waals surface area (Å²) in [5.74, 6) is 0.0644. The Kier molecular flexibility index (Phi) is 8.14. The molecule has 0 saturated carbocycles. The minimum atomic E-state index is -0.478. The van der Waals surface area contributed by atoms with Crippen LogP contribution in [-0.2, 0) is 9.59 Å². The summed E-state index contributed by atoms with van der Waals surface area (Å²) in [7, 11) is 0. The first kappa shape index (κ1) is 24.2. The fourth-order valence-corrected chi connectivity index (χ4v) is 3.01. The van der Waals surface area contributed by atoms with Crippen molar-refractivity contribution in [1.82, 2.24) is 0 Å². The zero-order valence-electron chi connectivity index (χ0n) is 19.3. The van der Waals surface area contributed by atoms with Crippen LogP contribution in [0.4, 0.5) is 0 Å². The SMILES string of the molecule is C=CC(=O)Oc1ccc(/C=C/c2ccc(/C=C/c3ccc(OC(=O)C(=C)C)cc3)c(C)c2)cc1. The zero-order chi connectivity index (χ0) is 24.5. The van der Waals surface area contributed by atoms with Crippen LogP contribution in [0.15, 0.2) is 91.5 Å². The number of benzene rings is 3. The second-order valence-electron chi connectivity index (χ2n) is 7.72. The molecule has 0 unspecified atom stereocenters. The fourth-order valence-electron chi connectivity index (χ4n) is 3.01. The summed E-state index contributed by atoms with van der Waals surface area (Å²) in [5, 5.41) is 0. The second kappa shape index (κ2) is 11.4. The number of carbonyl (C=O) groups excluding carboxylic acids is 2. The van der Waals surface area contributed by atoms with Crippen molar-refractivity contribution in [3.8, 4) is 11.5 Å². The van der Waals surface area contributed by atoms with Crippen LogP contribution in [0.3, 0.4) is 0 Å². The molecule has 3 rings (SSSR count). The predicted octanol–water partition coefficient (Wildman–Crippen LogP) is 6.91. The molecule has 4 heteroatoms. The molecule has 0 aliphatic rings. The van der Waals surface area contributed by atoms with E-state index in [-0.39, 0.29) is 0 Å². The third-order valence-electron chi connectivity index (χ3n) is 4.92. The van der Waals surface area contributed by atoms with Gasteiger partial charge >= 0.3 is 11.9 Å². The van der Waals surface area contributed by atoms with Crippen molar-refractivity contribution in [3.63, 3.8) is 0 Å². The fraction of sp³-hybridized carbons (Fsp3) is 0.0667. The Labute approximate surface area is 200 Å². The van der Waals surface area contributed by atoms with Gasteiger partial charge in [0.1, 0.15) is 11.5 Å². The van der Waals surface area contributed by atoms with E-state index in [1.807, 2.05) is 42.5 Å². The Morgan fingerprint density at radius 2 is 1.24 bits per heavy atom. The maximum atomic E-state index is 11.6. The predicted molar refractivity (Wildman–Crippen MR) is 138 cm³/mol. The van der Waals surface area contributed by atoms with Crippen LogP contribution in [0.2, 0.25) is 0 Å². The highest BCUT2D eigenvalue weighted by Crippen LogP contribution is 2.20. The molecule has 0 fully saturated rings. The smallest absolute Gasteiger partial charge is 0.338 e. The largest absolute Gasteiger partial charge is 0.423 e. The summed E-state index contributed by atoms with van der Waals surface area (Å²) in [6.45, 7) is 10.7. The summed E-state index contributed by atoms with van der Waals surface area (Å²) >= 11 is 0. The molecule has 0 radical (unpaired) electrons. The lowest BCUT2D eigenvalue weighted by Crippen LogP contribution is -2.07. The second-order valence-corrected chi connectivity index (χ2v) is 7.72. The number of rotatable bonds is 8. The van der Waals surface area contributed by atoms with Gasteiger partial charge in [-0.05, 0) is 65.9 Å². The van der Waals surface area contributed by atoms with Gasteiger partial charge in [0.05, 0.1) is 0 Å². The normalized spacial score (nSPS) is 10.9. The quantitative estimate of drug-likeness (QED) is 0.162. The molecule has 0 spiro atoms. The lowest BCUT2D eigenvalue weighted by Gasteiger charge is -2.05. The van der Waals surface area contributed by atoms with Gasteiger partial charge in [-0.3, -0.25) is 0 Å². The first-order valence-electron chi connectivity index (χ1n) is 10.7. The monoisotopic (exact) mass is 450 g/mol. The van der Waals surface area contributed by atoms with Gasteiger partial charge in [0.2, 0.25) is 0 Å². The van der Waals surface area contributed by atoms with Crippen LogP contribution in [0, 0.1) is 6.92 Å². The average molecular weight is 451 g/mol. The number of carbonyl (C=O) groups is 2. The maximum Gasteiger partial charge on any atom is 0.338 e. The molecule has 170 valence electrons. The van der Waals surface area contributed by atoms with Gasteiger partial charge in [-0.25, -0.2) is 9.59 Å². The summed E-state index contributed by atoms with van der Waals surface area (Å²) in [6.07, 6.45) is 9.25. The highest BCUT2D eigenvalue weighted by atomic mass is 16.5. The van der Waals surface area contributed by atoms with E-state index in [9.17, 15) is 9.59 Å². The first-order chi connectivity index (χ1) is 16.3. The number of hydrogen-bond acceptors (Lipinski definition) is 4. The molecule has 3 aromatic carbocycles. The molecule has 0 aromatic heterocycles. The molecule has 0 heterocycles. The molecule has 0 aliphatic carbocycles. The lowest BCUT2D eigenvalue weighted by molar-refractivity contribution is -0.130. The summed E-state index contributed by atoms with van der Waals surface area (Å²) in [5.41, 5.74) is 5.71. The van der Waals surface area contributed by atoms with Gasteiger partial charge in [-0.1, -0.05) is 79.9 Å². The minimum absolute atomic E-state index is 0.363. The van der Waals surface area contributed by atoms with Crippen molar-refractivity contribution in [2.45, 2.75) is 13.8 Å². The van der Waals surface area contributed by atoms with Gasteiger partial charge in [-0.2, -0.15) is 0 Å². The summed E-state index contributed by atoms with van der Waals surface area (Å²) in [6, 6.07) is 20.8. The summed E-state index contributed by atoms with van der Waals surface area (Å²) in [4.78, 5) is 22.9. The Bertz CT molecular complexity index is 1260. The van der Waals surface area contributed by atoms with E-state index in [4.69, 9.17) is 9.47 Å². The molecular formula is C30H26O4. The van der Waals surface area contributed by atoms with Gasteiger partial charge in [0.25, 0.3) is 0 Å². The molecule has 0 amide bonds. The van der Waals surface area contributed by atoms with E-state index in [0.717, 1.165) is 33.9 Å². The van der Waals surface area contributed by atoms with E-state index in [2.05, 4.69) is 44.4 Å². The highest BCUT2D eigenvalue weighted by molar-refractivity contribution is 5.88. The number of aryl methyl sites for hydroxylation is 1. The molecule has 34 heavy (non-hydrogen) atoms. The number of hydrogen-bond donors (Lipinski definition) is 0. The van der Waals surface area contributed by atoms with Crippen molar-refractivity contribution < 1.29 is 19.1 Å². The maximum absolute atomic E-state index is 11.6. The Balaban J connectivity index is 1.63. The standard InChI is InChI=1S/C30H26O4/c1-5-29(31)33-27-16-10-23(11-17-27)6-7-25-9-15-26(22(4)20-25)14-8-24-12-18-28(19-13-24)34-30(32)21(2)3/h5-20H,1-2H2,3-4H3/b7-6+,14-8+. The summed E-state index contributed by atoms with van der Waals surface area (Å²) < 4.78 is 10.3. The third-order valence-corrected chi connectivity index (χ3v) is 4.92. The van der Waals surface area contributed by atoms with E-state index in [0.29, 0.717) is 17.1 Å². The Morgan fingerprint density at radius 3 is 1.76 bits per heavy atom. The molecular weight excluding hydrogens is 424 g/mol. The van der Waals surface area contributed by atoms with E-state index >= 15 is 0 Å². The zero-order valence-corrected chi connectivity index (χ0v) is 19.3. The molecule has 0 saturated heterocycles. The van der Waals surface area contributed by atoms with Crippen LogP contribution >= 0.6 is 0 Å². The van der Waals surface area contributed by atoms with Gasteiger partial charge in [-0.15, -0.1) is 0 Å². The van der Waals surface area contributed by atoms with Crippen molar-refractivity contribution in [2.24, 2.45) is 0 Å². The molecule has 3 aromatic rings. The lowest BCUT2D eigenvalue weighted by atomic mass is 10.0. The van der Waals surface area contributed by atoms with Crippen LogP contribution < -0.4 is 9.47 Å². The molecule has 0 atom stereocenters. The molecule has 4 nitrogen and oxygen atoms in total. The number of ether oxygens (including phenoxy) is 2. The van der Waals surface area contributed by atoms with E-state index in [1.54, 1.807) is 31.2 Å². The third kappa shape index (κ3) is 7.04. The highest BCUT2D eigenvalue weighted by Gasteiger charge is 2.04. The average Bonchev–Trinajstić information content (AvgIpc) is 2.83. The van der Waals surface area contributed by atoms with Gasteiger partial charge < -0.3 is 9.47 Å². The molecule has 0 bridgehead atoms. The van der Waals surface area contributed by atoms with Crippen molar-refractivity contribution in [2.75, 3.05) is 0 Å². The van der Waals surface area contributed by atoms with Gasteiger partial charge in [0, 0.05) is 11.6 Å². The number of esters is 2. The van der Waals surface area contributed by atoms with Crippen LogP contribution in [0.25, 0.3) is 24.3 Å². The van der Waals surface area contributed by atoms with Crippen molar-refractivity contribution >= 4 is 36.2 Å². The first-order valence-corrected chi connectivity index (χ1v) is 10.7. The van der Waals surface area contributed by atoms with Crippen molar-refractivity contribution in [1.29, 1.82) is 0 Å². The molecule has 0 aliphatic heterocycles. The van der Waals surface area contributed by atoms with Crippen LogP contribution in [0.1, 0.15) is 34.7 Å². The van der Waals surface area contributed by atoms with E-state index < -0.39 is 11.9 Å². The van der Waals surface area contributed by atoms with Crippen LogP contribution in [0.5, 0.6) is 11.5 Å². The Hall–Kier alpha value is -4.44. The van der Waals surface area contributed by atoms with Crippen LogP contribution in [-0.4, -0.2) is 11.9 Å². The minimum Gasteiger partial charge on any atom is -0.423 e. The van der Waals surface area contributed by atoms with E-state index in [1.165, 1.54) is 0 Å². The van der Waals surface area contributed by atoms with Crippen molar-refractivity contribution in [3.05, 3.63) is 119 Å². The Morgan fingerprint density at radius 1 is 0.735 bits per heavy atom. The van der Waals surface area contributed by atoms with Gasteiger partial charge in [0.15, 0.2) is 0 Å².